The van der Waals surface area contributed by atoms with Gasteiger partial charge in [-0.2, -0.15) is 0 Å². The van der Waals surface area contributed by atoms with Crippen molar-refractivity contribution in [1.29, 1.82) is 0 Å². The van der Waals surface area contributed by atoms with Gasteiger partial charge in [0.15, 0.2) is 0 Å². The van der Waals surface area contributed by atoms with E-state index in [0.717, 1.165) is 44.4 Å². The Morgan fingerprint density at radius 2 is 1.00 bits per heavy atom. The molecule has 1 amide bonds. The third-order valence-corrected chi connectivity index (χ3v) is 8.18. The number of aliphatic carboxylic acids is 1. The number of esters is 1. The van der Waals surface area contributed by atoms with Gasteiger partial charge in [0.25, 0.3) is 0 Å². The molecule has 1 atom stereocenters. The number of ether oxygens (including phenoxy) is 1. The van der Waals surface area contributed by atoms with Gasteiger partial charge in [0, 0.05) is 6.42 Å². The van der Waals surface area contributed by atoms with Crippen LogP contribution in [0.25, 0.3) is 0 Å². The molecule has 0 bridgehead atoms. The molecule has 0 saturated carbocycles. The highest BCUT2D eigenvalue weighted by atomic mass is 16.5. The summed E-state index contributed by atoms with van der Waals surface area (Å²) in [6.45, 7) is 7.12. The molecule has 0 saturated heterocycles. The third-order valence-electron chi connectivity index (χ3n) is 8.18. The molecular formula is C36H69NO5. The summed E-state index contributed by atoms with van der Waals surface area (Å²) in [5.74, 6) is -1.18. The van der Waals surface area contributed by atoms with Gasteiger partial charge in [0.1, 0.15) is 6.04 Å². The first-order chi connectivity index (χ1) is 20.4. The second kappa shape index (κ2) is 30.9. The number of carboxylic acids is 1. The van der Waals surface area contributed by atoms with E-state index >= 15 is 0 Å². The molecule has 0 aromatic heterocycles. The van der Waals surface area contributed by atoms with Crippen molar-refractivity contribution in [2.75, 3.05) is 6.61 Å². The molecule has 0 aliphatic carbocycles. The maximum Gasteiger partial charge on any atom is 0.329 e. The molecule has 0 aromatic rings. The minimum atomic E-state index is -1.12. The van der Waals surface area contributed by atoms with E-state index in [1.165, 1.54) is 122 Å². The average molecular weight is 596 g/mol. The number of carbonyl (C=O) groups excluding carboxylic acids is 2. The number of nitrogens with one attached hydrogen (secondary N) is 1. The molecule has 0 radical (unpaired) electrons. The van der Waals surface area contributed by atoms with Crippen molar-refractivity contribution >= 4 is 17.8 Å². The number of carbonyl (C=O) groups is 3. The van der Waals surface area contributed by atoms with Crippen LogP contribution in [0.1, 0.15) is 194 Å². The van der Waals surface area contributed by atoms with Crippen LogP contribution in [0.5, 0.6) is 0 Å². The summed E-state index contributed by atoms with van der Waals surface area (Å²) in [7, 11) is 0. The lowest BCUT2D eigenvalue weighted by molar-refractivity contribution is -0.151. The molecule has 0 fully saturated rings. The lowest BCUT2D eigenvalue weighted by Crippen LogP contribution is -2.43. The molecule has 248 valence electrons. The first kappa shape index (κ1) is 40.4. The van der Waals surface area contributed by atoms with Gasteiger partial charge in [0.2, 0.25) is 5.91 Å². The summed E-state index contributed by atoms with van der Waals surface area (Å²) >= 11 is 0. The third kappa shape index (κ3) is 29.9. The van der Waals surface area contributed by atoms with Crippen LogP contribution >= 0.6 is 0 Å². The van der Waals surface area contributed by atoms with Gasteiger partial charge < -0.3 is 15.2 Å². The first-order valence-corrected chi connectivity index (χ1v) is 18.0. The van der Waals surface area contributed by atoms with Crippen LogP contribution in [-0.2, 0) is 19.1 Å². The Kier molecular flexibility index (Phi) is 29.7. The molecule has 0 unspecified atom stereocenters. The summed E-state index contributed by atoms with van der Waals surface area (Å²) in [5.41, 5.74) is 0. The lowest BCUT2D eigenvalue weighted by Gasteiger charge is -2.16. The van der Waals surface area contributed by atoms with E-state index in [1.54, 1.807) is 0 Å². The fourth-order valence-electron chi connectivity index (χ4n) is 5.46. The van der Waals surface area contributed by atoms with E-state index in [2.05, 4.69) is 26.1 Å². The topological polar surface area (TPSA) is 92.7 Å². The van der Waals surface area contributed by atoms with Crippen LogP contribution in [0.15, 0.2) is 0 Å². The van der Waals surface area contributed by atoms with Gasteiger partial charge in [-0.25, -0.2) is 4.79 Å². The normalized spacial score (nSPS) is 12.0. The second-order valence-corrected chi connectivity index (χ2v) is 12.9. The average Bonchev–Trinajstić information content (AvgIpc) is 2.94. The smallest absolute Gasteiger partial charge is 0.329 e. The SMILES string of the molecule is CCCCCCCCCCCC(=O)N[C@@H](CC(=O)O)C(=O)OCCCCCCCCCCCCCCCCCC(C)C. The summed E-state index contributed by atoms with van der Waals surface area (Å²) < 4.78 is 5.32. The molecule has 0 aromatic carbocycles. The van der Waals surface area contributed by atoms with Crippen LogP contribution in [0, 0.1) is 5.92 Å². The molecule has 42 heavy (non-hydrogen) atoms. The fraction of sp³-hybridized carbons (Fsp3) is 0.917. The molecular weight excluding hydrogens is 526 g/mol. The van der Waals surface area contributed by atoms with Gasteiger partial charge >= 0.3 is 11.9 Å². The highest BCUT2D eigenvalue weighted by Gasteiger charge is 2.25. The molecule has 0 aliphatic heterocycles. The van der Waals surface area contributed by atoms with Crippen LogP contribution < -0.4 is 5.32 Å². The lowest BCUT2D eigenvalue weighted by atomic mass is 10.0. The van der Waals surface area contributed by atoms with Crippen molar-refractivity contribution in [2.45, 2.75) is 200 Å². The highest BCUT2D eigenvalue weighted by Crippen LogP contribution is 2.15. The Balaban J connectivity index is 3.71. The Labute approximate surface area is 259 Å². The molecule has 0 aliphatic rings. The van der Waals surface area contributed by atoms with Crippen molar-refractivity contribution in [2.24, 2.45) is 5.92 Å². The quantitative estimate of drug-likeness (QED) is 0.0596. The number of carboxylic acid groups (broad SMARTS) is 1. The second-order valence-electron chi connectivity index (χ2n) is 12.9. The molecule has 6 nitrogen and oxygen atoms in total. The predicted molar refractivity (Wildman–Crippen MR) is 176 cm³/mol. The van der Waals surface area contributed by atoms with E-state index < -0.39 is 24.4 Å². The van der Waals surface area contributed by atoms with E-state index in [0.29, 0.717) is 6.42 Å². The zero-order valence-electron chi connectivity index (χ0n) is 28.0. The number of amides is 1. The predicted octanol–water partition coefficient (Wildman–Crippen LogP) is 10.3. The van der Waals surface area contributed by atoms with Crippen molar-refractivity contribution in [3.05, 3.63) is 0 Å². The summed E-state index contributed by atoms with van der Waals surface area (Å²) in [6, 6.07) is -1.11. The molecule has 0 spiro atoms. The Morgan fingerprint density at radius 1 is 0.595 bits per heavy atom. The number of hydrogen-bond donors (Lipinski definition) is 2. The maximum absolute atomic E-state index is 12.4. The van der Waals surface area contributed by atoms with Crippen LogP contribution in [-0.4, -0.2) is 35.6 Å². The zero-order chi connectivity index (χ0) is 31.1. The zero-order valence-corrected chi connectivity index (χ0v) is 28.0. The molecule has 6 heteroatoms. The maximum atomic E-state index is 12.4. The van der Waals surface area contributed by atoms with Crippen LogP contribution in [0.2, 0.25) is 0 Å². The molecule has 0 heterocycles. The number of rotatable bonds is 32. The Morgan fingerprint density at radius 3 is 1.43 bits per heavy atom. The highest BCUT2D eigenvalue weighted by molar-refractivity contribution is 5.87. The van der Waals surface area contributed by atoms with Gasteiger partial charge in [0.05, 0.1) is 13.0 Å². The summed E-state index contributed by atoms with van der Waals surface area (Å²) in [4.78, 5) is 35.9. The minimum Gasteiger partial charge on any atom is -0.481 e. The van der Waals surface area contributed by atoms with Gasteiger partial charge in [-0.1, -0.05) is 168 Å². The summed E-state index contributed by atoms with van der Waals surface area (Å²) in [6.07, 6.45) is 30.8. The fourth-order valence-corrected chi connectivity index (χ4v) is 5.46. The molecule has 2 N–H and O–H groups in total. The number of hydrogen-bond acceptors (Lipinski definition) is 4. The standard InChI is InChI=1S/C36H69NO5/c1-4-5-6-7-8-16-20-23-26-29-34(38)37-33(31-35(39)40)36(41)42-30-27-24-21-18-15-13-11-9-10-12-14-17-19-22-25-28-32(2)3/h32-33H,4-31H2,1-3H3,(H,37,38)(H,39,40)/t33-/m0/s1. The largest absolute Gasteiger partial charge is 0.481 e. The van der Waals surface area contributed by atoms with Crippen molar-refractivity contribution in [3.63, 3.8) is 0 Å². The van der Waals surface area contributed by atoms with E-state index in [1.807, 2.05) is 0 Å². The molecule has 0 rings (SSSR count). The Bertz CT molecular complexity index is 636. The van der Waals surface area contributed by atoms with Crippen LogP contribution in [0.4, 0.5) is 0 Å². The minimum absolute atomic E-state index is 0.270. The van der Waals surface area contributed by atoms with Crippen molar-refractivity contribution in [3.8, 4) is 0 Å². The summed E-state index contributed by atoms with van der Waals surface area (Å²) in [5, 5.41) is 11.8. The number of unbranched alkanes of at least 4 members (excludes halogenated alkanes) is 22. The van der Waals surface area contributed by atoms with E-state index in [4.69, 9.17) is 4.74 Å². The van der Waals surface area contributed by atoms with Gasteiger partial charge in [-0.05, 0) is 18.8 Å². The van der Waals surface area contributed by atoms with Gasteiger partial charge in [-0.15, -0.1) is 0 Å². The van der Waals surface area contributed by atoms with Gasteiger partial charge in [-0.3, -0.25) is 9.59 Å². The Hall–Kier alpha value is -1.59. The van der Waals surface area contributed by atoms with Crippen molar-refractivity contribution in [1.82, 2.24) is 5.32 Å². The van der Waals surface area contributed by atoms with Crippen molar-refractivity contribution < 1.29 is 24.2 Å². The monoisotopic (exact) mass is 596 g/mol. The van der Waals surface area contributed by atoms with E-state index in [9.17, 15) is 19.5 Å². The first-order valence-electron chi connectivity index (χ1n) is 18.0. The van der Waals surface area contributed by atoms with E-state index in [-0.39, 0.29) is 12.5 Å². The van der Waals surface area contributed by atoms with Crippen LogP contribution in [0.3, 0.4) is 0 Å².